The van der Waals surface area contributed by atoms with Crippen LogP contribution >= 0.6 is 11.3 Å². The molecule has 0 bridgehead atoms. The van der Waals surface area contributed by atoms with E-state index < -0.39 is 11.5 Å². The molecule has 0 saturated carbocycles. The normalized spacial score (nSPS) is 10.6. The van der Waals surface area contributed by atoms with Crippen molar-refractivity contribution in [3.05, 3.63) is 70.0 Å². The molecule has 0 aliphatic rings. The van der Waals surface area contributed by atoms with E-state index in [1.165, 1.54) is 36.0 Å². The summed E-state index contributed by atoms with van der Waals surface area (Å²) in [5.74, 6) is 0.298. The van der Waals surface area contributed by atoms with E-state index in [2.05, 4.69) is 15.6 Å². The number of fused-ring (bicyclic) bond motifs is 1. The SMILES string of the molecule is COc1ccc(OC)c(-c2csc3ncc(C(=O)Nc4cccc(NC(C)=O)c4)c(=O)n23)c1. The van der Waals surface area contributed by atoms with Crippen LogP contribution in [0.2, 0.25) is 0 Å². The van der Waals surface area contributed by atoms with Gasteiger partial charge in [0.05, 0.1) is 19.9 Å². The van der Waals surface area contributed by atoms with Crippen molar-refractivity contribution in [1.82, 2.24) is 9.38 Å². The first-order valence-electron chi connectivity index (χ1n) is 9.82. The number of aromatic nitrogens is 2. The molecule has 0 unspecified atom stereocenters. The van der Waals surface area contributed by atoms with E-state index in [0.717, 1.165) is 0 Å². The molecule has 0 aliphatic heterocycles. The number of amides is 2. The van der Waals surface area contributed by atoms with E-state index in [-0.39, 0.29) is 11.5 Å². The third kappa shape index (κ3) is 4.41. The van der Waals surface area contributed by atoms with E-state index in [1.807, 2.05) is 0 Å². The predicted molar refractivity (Wildman–Crippen MR) is 127 cm³/mol. The molecule has 33 heavy (non-hydrogen) atoms. The number of carbonyl (C=O) groups is 2. The van der Waals surface area contributed by atoms with Crippen LogP contribution in [0.25, 0.3) is 16.2 Å². The lowest BCUT2D eigenvalue weighted by molar-refractivity contribution is -0.114. The van der Waals surface area contributed by atoms with Gasteiger partial charge in [0.25, 0.3) is 11.5 Å². The molecule has 2 amide bonds. The molecule has 2 aromatic heterocycles. The first kappa shape index (κ1) is 22.0. The second-order valence-corrected chi connectivity index (χ2v) is 7.83. The molecule has 0 radical (unpaired) electrons. The summed E-state index contributed by atoms with van der Waals surface area (Å²) in [5, 5.41) is 7.11. The van der Waals surface area contributed by atoms with Gasteiger partial charge in [-0.15, -0.1) is 11.3 Å². The minimum absolute atomic E-state index is 0.126. The Balaban J connectivity index is 1.75. The minimum atomic E-state index is -0.614. The molecule has 0 spiro atoms. The highest BCUT2D eigenvalue weighted by Crippen LogP contribution is 2.35. The van der Waals surface area contributed by atoms with Crippen molar-refractivity contribution >= 4 is 39.5 Å². The van der Waals surface area contributed by atoms with Crippen molar-refractivity contribution in [2.24, 2.45) is 0 Å². The smallest absolute Gasteiger partial charge is 0.271 e. The van der Waals surface area contributed by atoms with Crippen LogP contribution in [-0.2, 0) is 4.79 Å². The average molecular weight is 465 g/mol. The summed E-state index contributed by atoms with van der Waals surface area (Å²) in [6.45, 7) is 1.39. The van der Waals surface area contributed by atoms with Gasteiger partial charge in [0, 0.05) is 35.4 Å². The lowest BCUT2D eigenvalue weighted by Crippen LogP contribution is -2.26. The van der Waals surface area contributed by atoms with Crippen LogP contribution in [-0.4, -0.2) is 35.4 Å². The zero-order valence-electron chi connectivity index (χ0n) is 18.0. The van der Waals surface area contributed by atoms with Crippen LogP contribution in [0.4, 0.5) is 11.4 Å². The van der Waals surface area contributed by atoms with Crippen molar-refractivity contribution < 1.29 is 19.1 Å². The van der Waals surface area contributed by atoms with Gasteiger partial charge in [-0.05, 0) is 36.4 Å². The predicted octanol–water partition coefficient (Wildman–Crippen LogP) is 3.65. The molecule has 9 nitrogen and oxygen atoms in total. The molecule has 2 aromatic carbocycles. The Labute approximate surface area is 192 Å². The molecular formula is C23H20N4O5S. The summed E-state index contributed by atoms with van der Waals surface area (Å²) in [6, 6.07) is 11.9. The second-order valence-electron chi connectivity index (χ2n) is 7.00. The number of carbonyl (C=O) groups excluding carboxylic acids is 2. The Hall–Kier alpha value is -4.18. The molecule has 0 saturated heterocycles. The van der Waals surface area contributed by atoms with E-state index >= 15 is 0 Å². The van der Waals surface area contributed by atoms with Crippen molar-refractivity contribution in [1.29, 1.82) is 0 Å². The number of methoxy groups -OCH3 is 2. The molecule has 0 atom stereocenters. The fourth-order valence-corrected chi connectivity index (χ4v) is 4.18. The third-order valence-electron chi connectivity index (χ3n) is 4.81. The molecule has 168 valence electrons. The van der Waals surface area contributed by atoms with Crippen molar-refractivity contribution in [3.63, 3.8) is 0 Å². The van der Waals surface area contributed by atoms with E-state index in [1.54, 1.807) is 55.0 Å². The lowest BCUT2D eigenvalue weighted by atomic mass is 10.1. The Morgan fingerprint density at radius 1 is 1.03 bits per heavy atom. The molecule has 4 aromatic rings. The number of thiazole rings is 1. The number of anilines is 2. The third-order valence-corrected chi connectivity index (χ3v) is 5.65. The molecule has 2 N–H and O–H groups in total. The molecular weight excluding hydrogens is 444 g/mol. The largest absolute Gasteiger partial charge is 0.497 e. The van der Waals surface area contributed by atoms with Gasteiger partial charge in [-0.1, -0.05) is 6.07 Å². The van der Waals surface area contributed by atoms with E-state index in [4.69, 9.17) is 9.47 Å². The summed E-state index contributed by atoms with van der Waals surface area (Å²) in [5.41, 5.74) is 1.47. The highest BCUT2D eigenvalue weighted by Gasteiger charge is 2.19. The number of nitrogens with one attached hydrogen (secondary N) is 2. The van der Waals surface area contributed by atoms with E-state index in [0.29, 0.717) is 39.1 Å². The summed E-state index contributed by atoms with van der Waals surface area (Å²) < 4.78 is 12.1. The van der Waals surface area contributed by atoms with Crippen molar-refractivity contribution in [3.8, 4) is 22.8 Å². The first-order chi connectivity index (χ1) is 15.9. The molecule has 0 fully saturated rings. The van der Waals surface area contributed by atoms with Crippen molar-refractivity contribution in [2.75, 3.05) is 24.9 Å². The van der Waals surface area contributed by atoms with Crippen LogP contribution in [0.5, 0.6) is 11.5 Å². The summed E-state index contributed by atoms with van der Waals surface area (Å²) in [4.78, 5) is 42.2. The molecule has 2 heterocycles. The quantitative estimate of drug-likeness (QED) is 0.451. The first-order valence-corrected chi connectivity index (χ1v) is 10.7. The van der Waals surface area contributed by atoms with Crippen LogP contribution in [0.15, 0.2) is 58.8 Å². The molecule has 4 rings (SSSR count). The number of ether oxygens (including phenoxy) is 2. The maximum atomic E-state index is 13.3. The highest BCUT2D eigenvalue weighted by molar-refractivity contribution is 7.15. The number of hydrogen-bond donors (Lipinski definition) is 2. The van der Waals surface area contributed by atoms with E-state index in [9.17, 15) is 14.4 Å². The monoisotopic (exact) mass is 464 g/mol. The van der Waals surface area contributed by atoms with Crippen molar-refractivity contribution in [2.45, 2.75) is 6.92 Å². The van der Waals surface area contributed by atoms with Gasteiger partial charge in [-0.25, -0.2) is 4.98 Å². The molecule has 0 aliphatic carbocycles. The lowest BCUT2D eigenvalue weighted by Gasteiger charge is -2.11. The van der Waals surface area contributed by atoms with Gasteiger partial charge in [0.2, 0.25) is 5.91 Å². The van der Waals surface area contributed by atoms with Gasteiger partial charge in [-0.2, -0.15) is 0 Å². The Bertz CT molecular complexity index is 1430. The van der Waals surface area contributed by atoms with Gasteiger partial charge in [0.15, 0.2) is 4.96 Å². The molecule has 10 heteroatoms. The maximum absolute atomic E-state index is 13.3. The average Bonchev–Trinajstić information content (AvgIpc) is 3.23. The van der Waals surface area contributed by atoms with Crippen LogP contribution in [0.3, 0.4) is 0 Å². The highest BCUT2D eigenvalue weighted by atomic mass is 32.1. The number of hydrogen-bond acceptors (Lipinski definition) is 7. The van der Waals surface area contributed by atoms with Gasteiger partial charge < -0.3 is 20.1 Å². The summed E-state index contributed by atoms with van der Waals surface area (Å²) in [6.07, 6.45) is 1.26. The standard InChI is InChI=1S/C23H20N4O5S/c1-13(28)25-14-5-4-6-15(9-14)26-21(29)18-11-24-23-27(22(18)30)19(12-33-23)17-10-16(31-2)7-8-20(17)32-3/h4-12H,1-3H3,(H,25,28)(H,26,29). The van der Waals surface area contributed by atoms with Gasteiger partial charge >= 0.3 is 0 Å². The van der Waals surface area contributed by atoms with Gasteiger partial charge in [-0.3, -0.25) is 18.8 Å². The zero-order valence-corrected chi connectivity index (χ0v) is 18.9. The Kier molecular flexibility index (Phi) is 6.09. The van der Waals surface area contributed by atoms with Gasteiger partial charge in [0.1, 0.15) is 17.1 Å². The Morgan fingerprint density at radius 2 is 1.79 bits per heavy atom. The van der Waals surface area contributed by atoms with Crippen LogP contribution < -0.4 is 25.7 Å². The zero-order chi connectivity index (χ0) is 23.5. The maximum Gasteiger partial charge on any atom is 0.271 e. The van der Waals surface area contributed by atoms with Crippen LogP contribution in [0.1, 0.15) is 17.3 Å². The Morgan fingerprint density at radius 3 is 2.48 bits per heavy atom. The number of rotatable bonds is 6. The second kappa shape index (κ2) is 9.13. The topological polar surface area (TPSA) is 111 Å². The van der Waals surface area contributed by atoms with Crippen LogP contribution in [0, 0.1) is 0 Å². The number of benzene rings is 2. The fraction of sp³-hybridized carbons (Fsp3) is 0.130. The summed E-state index contributed by atoms with van der Waals surface area (Å²) in [7, 11) is 3.09. The fourth-order valence-electron chi connectivity index (χ4n) is 3.33. The number of nitrogens with zero attached hydrogens (tertiary/aromatic N) is 2. The summed E-state index contributed by atoms with van der Waals surface area (Å²) >= 11 is 1.27. The minimum Gasteiger partial charge on any atom is -0.497 e.